The Morgan fingerprint density at radius 1 is 0.477 bits per heavy atom. The lowest BCUT2D eigenvalue weighted by atomic mass is 9.85. The van der Waals surface area contributed by atoms with E-state index in [1.165, 1.54) is 77.0 Å². The van der Waals surface area contributed by atoms with Gasteiger partial charge in [0.2, 0.25) is 0 Å². The molecule has 5 unspecified atom stereocenters. The van der Waals surface area contributed by atoms with Crippen molar-refractivity contribution in [3.8, 4) is 0 Å². The summed E-state index contributed by atoms with van der Waals surface area (Å²) in [5.74, 6) is -1.21. The van der Waals surface area contributed by atoms with E-state index in [-0.39, 0.29) is 12.8 Å². The van der Waals surface area contributed by atoms with Gasteiger partial charge in [0.05, 0.1) is 6.61 Å². The number of phosphoric ester groups is 2. The maximum absolute atomic E-state index is 13.0. The van der Waals surface area contributed by atoms with Gasteiger partial charge in [0.15, 0.2) is 6.10 Å². The number of rotatable bonds is 42. The molecule has 1 fully saturated rings. The van der Waals surface area contributed by atoms with Gasteiger partial charge in [-0.3, -0.25) is 23.2 Å². The van der Waals surface area contributed by atoms with E-state index < -0.39 is 83.5 Å². The number of hydrogen-bond acceptors (Lipinski definition) is 13. The van der Waals surface area contributed by atoms with E-state index in [1.807, 2.05) is 0 Å². The molecular formula is C47H88O16P2. The molecule has 65 heavy (non-hydrogen) atoms. The third kappa shape index (κ3) is 32.8. The number of ether oxygens (including phenoxy) is 2. The Morgan fingerprint density at radius 2 is 0.846 bits per heavy atom. The number of aliphatic hydroxyl groups excluding tert-OH is 4. The van der Waals surface area contributed by atoms with Crippen LogP contribution in [0.1, 0.15) is 206 Å². The lowest BCUT2D eigenvalue weighted by Gasteiger charge is -2.43. The molecule has 0 saturated heterocycles. The van der Waals surface area contributed by atoms with Crippen molar-refractivity contribution in [3.63, 3.8) is 0 Å². The van der Waals surface area contributed by atoms with Gasteiger partial charge >= 0.3 is 27.6 Å². The Bertz CT molecular complexity index is 1360. The smallest absolute Gasteiger partial charge is 0.462 e. The SMILES string of the molecule is CCCCCCCCC=CCCCCCCCCCC(=O)O[C@H](COC(=O)CCCCCCCC=CCCCCCCCC)COP(=O)(O)O[C@H]1C(O)C(O)C(O)[C@@H](OP(=O)(O)O)C1O. The highest BCUT2D eigenvalue weighted by atomic mass is 31.2. The standard InChI is InChI=1S/C47H88O16P2/c1-3-5-7-9-11-13-15-17-19-20-22-24-26-28-30-32-34-36-41(49)61-39(37-59-40(48)35-33-31-29-27-25-23-21-18-16-14-12-10-8-6-4-2)38-60-65(57,58)63-47-44(52)42(50)43(51)46(45(47)53)62-64(54,55)56/h17-19,21,39,42-47,50-53H,3-16,20,22-38H2,1-2H3,(H,57,58)(H2,54,55,56)/t39-,42?,43?,44?,45?,46-,47+/m1/s1. The van der Waals surface area contributed by atoms with E-state index >= 15 is 0 Å². The van der Waals surface area contributed by atoms with Crippen LogP contribution >= 0.6 is 15.6 Å². The summed E-state index contributed by atoms with van der Waals surface area (Å²) in [6.45, 7) is 3.11. The first kappa shape index (κ1) is 61.5. The summed E-state index contributed by atoms with van der Waals surface area (Å²) in [6.07, 6.45) is 25.6. The van der Waals surface area contributed by atoms with Crippen molar-refractivity contribution in [2.24, 2.45) is 0 Å². The molecule has 7 N–H and O–H groups in total. The molecule has 0 bridgehead atoms. The summed E-state index contributed by atoms with van der Waals surface area (Å²) >= 11 is 0. The van der Waals surface area contributed by atoms with Crippen molar-refractivity contribution in [2.45, 2.75) is 249 Å². The molecule has 0 amide bonds. The van der Waals surface area contributed by atoms with Crippen LogP contribution in [0.5, 0.6) is 0 Å². The zero-order chi connectivity index (χ0) is 48.2. The summed E-state index contributed by atoms with van der Waals surface area (Å²) < 4.78 is 49.4. The molecule has 0 heterocycles. The molecule has 1 aliphatic rings. The van der Waals surface area contributed by atoms with Crippen molar-refractivity contribution < 1.29 is 76.9 Å². The zero-order valence-corrected chi connectivity index (χ0v) is 41.5. The van der Waals surface area contributed by atoms with Gasteiger partial charge in [-0.05, 0) is 64.2 Å². The first-order chi connectivity index (χ1) is 31.1. The number of carbonyl (C=O) groups is 2. The number of esters is 2. The molecular weight excluding hydrogens is 882 g/mol. The maximum atomic E-state index is 13.0. The first-order valence-electron chi connectivity index (χ1n) is 24.9. The average molecular weight is 971 g/mol. The highest BCUT2D eigenvalue weighted by Gasteiger charge is 2.54. The van der Waals surface area contributed by atoms with Crippen molar-refractivity contribution in [1.82, 2.24) is 0 Å². The molecule has 382 valence electrons. The summed E-state index contributed by atoms with van der Waals surface area (Å²) in [5, 5.41) is 41.3. The monoisotopic (exact) mass is 971 g/mol. The zero-order valence-electron chi connectivity index (χ0n) is 39.7. The largest absolute Gasteiger partial charge is 0.472 e. The molecule has 8 atom stereocenters. The van der Waals surface area contributed by atoms with Gasteiger partial charge in [-0.15, -0.1) is 0 Å². The van der Waals surface area contributed by atoms with Gasteiger partial charge in [-0.25, -0.2) is 9.13 Å². The molecule has 0 aromatic carbocycles. The minimum absolute atomic E-state index is 0.0394. The molecule has 16 nitrogen and oxygen atoms in total. The minimum atomic E-state index is -5.36. The topological polar surface area (TPSA) is 256 Å². The number of aliphatic hydroxyl groups is 4. The van der Waals surface area contributed by atoms with Crippen LogP contribution in [0.25, 0.3) is 0 Å². The lowest BCUT2D eigenvalue weighted by Crippen LogP contribution is -2.64. The fourth-order valence-electron chi connectivity index (χ4n) is 7.60. The van der Waals surface area contributed by atoms with Crippen LogP contribution in [-0.2, 0) is 41.8 Å². The van der Waals surface area contributed by atoms with E-state index in [4.69, 9.17) is 18.5 Å². The third-order valence-corrected chi connectivity index (χ3v) is 13.0. The number of allylic oxidation sites excluding steroid dienone is 4. The van der Waals surface area contributed by atoms with Crippen LogP contribution in [0.2, 0.25) is 0 Å². The Morgan fingerprint density at radius 3 is 1.26 bits per heavy atom. The van der Waals surface area contributed by atoms with E-state index in [9.17, 15) is 53.8 Å². The summed E-state index contributed by atoms with van der Waals surface area (Å²) in [6, 6.07) is 0. The molecule has 0 aromatic heterocycles. The quantitative estimate of drug-likeness (QED) is 0.0130. The fourth-order valence-corrected chi connectivity index (χ4v) is 9.14. The second-order valence-electron chi connectivity index (χ2n) is 17.5. The maximum Gasteiger partial charge on any atom is 0.472 e. The summed E-state index contributed by atoms with van der Waals surface area (Å²) in [4.78, 5) is 54.3. The lowest BCUT2D eigenvalue weighted by molar-refractivity contribution is -0.216. The van der Waals surface area contributed by atoms with Crippen molar-refractivity contribution >= 4 is 27.6 Å². The van der Waals surface area contributed by atoms with Crippen molar-refractivity contribution in [3.05, 3.63) is 24.3 Å². The van der Waals surface area contributed by atoms with Crippen LogP contribution in [-0.4, -0.2) is 103 Å². The Hall–Kier alpha value is -1.52. The van der Waals surface area contributed by atoms with E-state index in [0.29, 0.717) is 12.8 Å². The van der Waals surface area contributed by atoms with Gasteiger partial charge in [-0.1, -0.05) is 154 Å². The Labute approximate surface area is 390 Å². The molecule has 18 heteroatoms. The van der Waals surface area contributed by atoms with E-state index in [2.05, 4.69) is 42.7 Å². The first-order valence-corrected chi connectivity index (χ1v) is 27.9. The highest BCUT2D eigenvalue weighted by molar-refractivity contribution is 7.47. The van der Waals surface area contributed by atoms with Crippen LogP contribution in [0.3, 0.4) is 0 Å². The number of carbonyl (C=O) groups excluding carboxylic acids is 2. The third-order valence-electron chi connectivity index (χ3n) is 11.5. The average Bonchev–Trinajstić information content (AvgIpc) is 3.26. The van der Waals surface area contributed by atoms with Gasteiger partial charge in [-0.2, -0.15) is 0 Å². The Kier molecular flexibility index (Phi) is 36.3. The number of unbranched alkanes of at least 4 members (excludes halogenated alkanes) is 24. The van der Waals surface area contributed by atoms with E-state index in [0.717, 1.165) is 89.9 Å². The van der Waals surface area contributed by atoms with Crippen LogP contribution in [0.4, 0.5) is 0 Å². The fraction of sp³-hybridized carbons (Fsp3) is 0.872. The second kappa shape index (κ2) is 38.3. The van der Waals surface area contributed by atoms with Gasteiger partial charge < -0.3 is 44.6 Å². The molecule has 0 aromatic rings. The van der Waals surface area contributed by atoms with Gasteiger partial charge in [0, 0.05) is 12.8 Å². The molecule has 0 radical (unpaired) electrons. The molecule has 0 spiro atoms. The highest BCUT2D eigenvalue weighted by Crippen LogP contribution is 2.49. The normalized spacial score (nSPS) is 21.8. The molecule has 1 saturated carbocycles. The van der Waals surface area contributed by atoms with Crippen LogP contribution in [0.15, 0.2) is 24.3 Å². The van der Waals surface area contributed by atoms with Crippen LogP contribution < -0.4 is 0 Å². The van der Waals surface area contributed by atoms with E-state index in [1.54, 1.807) is 0 Å². The molecule has 1 aliphatic carbocycles. The summed E-state index contributed by atoms with van der Waals surface area (Å²) in [7, 11) is -10.7. The van der Waals surface area contributed by atoms with Gasteiger partial charge in [0.25, 0.3) is 0 Å². The predicted molar refractivity (Wildman–Crippen MR) is 251 cm³/mol. The number of hydrogen-bond donors (Lipinski definition) is 7. The van der Waals surface area contributed by atoms with Crippen molar-refractivity contribution in [1.29, 1.82) is 0 Å². The molecule has 1 rings (SSSR count). The second-order valence-corrected chi connectivity index (χ2v) is 20.1. The molecule has 0 aliphatic heterocycles. The Balaban J connectivity index is 2.57. The van der Waals surface area contributed by atoms with Crippen molar-refractivity contribution in [2.75, 3.05) is 13.2 Å². The van der Waals surface area contributed by atoms with Crippen LogP contribution in [0, 0.1) is 0 Å². The predicted octanol–water partition coefficient (Wildman–Crippen LogP) is 9.73. The van der Waals surface area contributed by atoms with Gasteiger partial charge in [0.1, 0.15) is 43.2 Å². The minimum Gasteiger partial charge on any atom is -0.462 e. The summed E-state index contributed by atoms with van der Waals surface area (Å²) in [5.41, 5.74) is 0. The number of phosphoric acid groups is 2.